The number of aliphatic hydroxyl groups excluding tert-OH is 1. The lowest BCUT2D eigenvalue weighted by atomic mass is 10.3. The molecule has 1 aliphatic heterocycles. The zero-order chi connectivity index (χ0) is 7.40. The van der Waals surface area contributed by atoms with Gasteiger partial charge in [-0.05, 0) is 6.42 Å². The quantitative estimate of drug-likeness (QED) is 0.592. The largest absolute Gasteiger partial charge is 0.392 e. The summed E-state index contributed by atoms with van der Waals surface area (Å²) in [6.45, 7) is 3.56. The number of β-amino-alcohol motifs (C(OH)–C–C–N with tert-alkyl or cyclic N) is 1. The van der Waals surface area contributed by atoms with E-state index in [1.165, 1.54) is 0 Å². The van der Waals surface area contributed by atoms with Crippen LogP contribution in [0.3, 0.4) is 0 Å². The maximum atomic E-state index is 9.12. The van der Waals surface area contributed by atoms with E-state index in [4.69, 9.17) is 9.84 Å². The van der Waals surface area contributed by atoms with Crippen molar-refractivity contribution in [3.05, 3.63) is 0 Å². The van der Waals surface area contributed by atoms with Gasteiger partial charge in [-0.25, -0.2) is 0 Å². The Kier molecular flexibility index (Phi) is 3.12. The first-order chi connectivity index (χ1) is 4.83. The van der Waals surface area contributed by atoms with Crippen molar-refractivity contribution in [3.63, 3.8) is 0 Å². The molecule has 0 saturated carbocycles. The number of methoxy groups -OCH3 is 1. The molecule has 10 heavy (non-hydrogen) atoms. The van der Waals surface area contributed by atoms with E-state index in [1.807, 2.05) is 0 Å². The second-order valence-electron chi connectivity index (χ2n) is 2.74. The van der Waals surface area contributed by atoms with Crippen LogP contribution in [0, 0.1) is 0 Å². The van der Waals surface area contributed by atoms with E-state index in [9.17, 15) is 0 Å². The zero-order valence-electron chi connectivity index (χ0n) is 6.42. The molecule has 0 spiro atoms. The average Bonchev–Trinajstić information content (AvgIpc) is 2.31. The fourth-order valence-electron chi connectivity index (χ4n) is 1.24. The van der Waals surface area contributed by atoms with Gasteiger partial charge in [-0.1, -0.05) is 0 Å². The molecule has 1 fully saturated rings. The summed E-state index contributed by atoms with van der Waals surface area (Å²) in [5.41, 5.74) is 0. The Bertz CT molecular complexity index is 97.6. The van der Waals surface area contributed by atoms with Gasteiger partial charge in [0.1, 0.15) is 0 Å². The van der Waals surface area contributed by atoms with Crippen LogP contribution in [0.25, 0.3) is 0 Å². The molecule has 0 aliphatic carbocycles. The van der Waals surface area contributed by atoms with Crippen LogP contribution in [-0.2, 0) is 4.74 Å². The monoisotopic (exact) mass is 145 g/mol. The highest BCUT2D eigenvalue weighted by Gasteiger charge is 2.18. The fraction of sp³-hybridized carbons (Fsp3) is 1.00. The Morgan fingerprint density at radius 3 is 3.00 bits per heavy atom. The van der Waals surface area contributed by atoms with Crippen LogP contribution in [0.5, 0.6) is 0 Å². The van der Waals surface area contributed by atoms with E-state index in [0.717, 1.165) is 32.7 Å². The molecule has 1 saturated heterocycles. The van der Waals surface area contributed by atoms with Crippen LogP contribution in [0.2, 0.25) is 0 Å². The SMILES string of the molecule is COCCN1CC[C@H](O)C1. The molecule has 1 rings (SSSR count). The minimum Gasteiger partial charge on any atom is -0.392 e. The topological polar surface area (TPSA) is 32.7 Å². The van der Waals surface area contributed by atoms with Gasteiger partial charge in [0.2, 0.25) is 0 Å². The Hall–Kier alpha value is -0.120. The number of hydrogen-bond donors (Lipinski definition) is 1. The van der Waals surface area contributed by atoms with Crippen molar-refractivity contribution in [2.45, 2.75) is 12.5 Å². The molecular formula is C7H15NO2. The maximum absolute atomic E-state index is 9.12. The van der Waals surface area contributed by atoms with Gasteiger partial charge < -0.3 is 9.84 Å². The van der Waals surface area contributed by atoms with Crippen molar-refractivity contribution < 1.29 is 9.84 Å². The summed E-state index contributed by atoms with van der Waals surface area (Å²) in [4.78, 5) is 2.22. The first kappa shape index (κ1) is 7.98. The number of likely N-dealkylation sites (tertiary alicyclic amines) is 1. The van der Waals surface area contributed by atoms with Gasteiger partial charge >= 0.3 is 0 Å². The fourth-order valence-corrected chi connectivity index (χ4v) is 1.24. The molecule has 1 aliphatic rings. The Morgan fingerprint density at radius 2 is 2.50 bits per heavy atom. The lowest BCUT2D eigenvalue weighted by Gasteiger charge is -2.12. The first-order valence-corrected chi connectivity index (χ1v) is 3.72. The minimum atomic E-state index is -0.100. The van der Waals surface area contributed by atoms with Crippen LogP contribution in [0.15, 0.2) is 0 Å². The molecule has 1 heterocycles. The second-order valence-corrected chi connectivity index (χ2v) is 2.74. The normalized spacial score (nSPS) is 27.6. The third kappa shape index (κ3) is 2.25. The molecule has 60 valence electrons. The Morgan fingerprint density at radius 1 is 1.70 bits per heavy atom. The van der Waals surface area contributed by atoms with Crippen LogP contribution in [0.1, 0.15) is 6.42 Å². The molecule has 0 aromatic carbocycles. The van der Waals surface area contributed by atoms with Crippen molar-refractivity contribution in [2.75, 3.05) is 33.4 Å². The highest BCUT2D eigenvalue weighted by atomic mass is 16.5. The lowest BCUT2D eigenvalue weighted by molar-refractivity contribution is 0.141. The smallest absolute Gasteiger partial charge is 0.0679 e. The summed E-state index contributed by atoms with van der Waals surface area (Å²) in [5, 5.41) is 9.12. The van der Waals surface area contributed by atoms with Gasteiger partial charge in [-0.2, -0.15) is 0 Å². The molecule has 0 amide bonds. The highest BCUT2D eigenvalue weighted by molar-refractivity contribution is 4.73. The van der Waals surface area contributed by atoms with Crippen molar-refractivity contribution in [2.24, 2.45) is 0 Å². The molecule has 0 radical (unpaired) electrons. The Balaban J connectivity index is 2.06. The molecule has 0 aromatic rings. The summed E-state index contributed by atoms with van der Waals surface area (Å²) in [5.74, 6) is 0. The molecule has 0 unspecified atom stereocenters. The summed E-state index contributed by atoms with van der Waals surface area (Å²) in [6, 6.07) is 0. The highest BCUT2D eigenvalue weighted by Crippen LogP contribution is 2.07. The third-order valence-electron chi connectivity index (χ3n) is 1.86. The number of aliphatic hydroxyl groups is 1. The van der Waals surface area contributed by atoms with E-state index in [2.05, 4.69) is 4.90 Å². The summed E-state index contributed by atoms with van der Waals surface area (Å²) >= 11 is 0. The van der Waals surface area contributed by atoms with Crippen LogP contribution in [-0.4, -0.2) is 49.5 Å². The van der Waals surface area contributed by atoms with E-state index in [0.29, 0.717) is 0 Å². The van der Waals surface area contributed by atoms with Crippen molar-refractivity contribution >= 4 is 0 Å². The third-order valence-corrected chi connectivity index (χ3v) is 1.86. The first-order valence-electron chi connectivity index (χ1n) is 3.72. The summed E-state index contributed by atoms with van der Waals surface area (Å²) in [6.07, 6.45) is 0.820. The molecule has 0 aromatic heterocycles. The van der Waals surface area contributed by atoms with E-state index in [1.54, 1.807) is 7.11 Å². The Labute approximate surface area is 61.6 Å². The molecular weight excluding hydrogens is 130 g/mol. The lowest BCUT2D eigenvalue weighted by Crippen LogP contribution is -2.25. The predicted octanol–water partition coefficient (Wildman–Crippen LogP) is -0.301. The maximum Gasteiger partial charge on any atom is 0.0679 e. The van der Waals surface area contributed by atoms with Crippen LogP contribution < -0.4 is 0 Å². The average molecular weight is 145 g/mol. The summed E-state index contributed by atoms with van der Waals surface area (Å²) in [7, 11) is 1.70. The van der Waals surface area contributed by atoms with E-state index < -0.39 is 0 Å². The van der Waals surface area contributed by atoms with Crippen molar-refractivity contribution in [1.82, 2.24) is 4.90 Å². The number of hydrogen-bond acceptors (Lipinski definition) is 3. The van der Waals surface area contributed by atoms with Gasteiger partial charge in [0, 0.05) is 26.7 Å². The van der Waals surface area contributed by atoms with E-state index in [-0.39, 0.29) is 6.10 Å². The standard InChI is InChI=1S/C7H15NO2/c1-10-5-4-8-3-2-7(9)6-8/h7,9H,2-6H2,1H3/t7-/m0/s1. The van der Waals surface area contributed by atoms with Gasteiger partial charge in [0.05, 0.1) is 12.7 Å². The molecule has 3 nitrogen and oxygen atoms in total. The second kappa shape index (κ2) is 3.91. The summed E-state index contributed by atoms with van der Waals surface area (Å²) < 4.78 is 4.92. The van der Waals surface area contributed by atoms with Gasteiger partial charge in [-0.15, -0.1) is 0 Å². The molecule has 1 atom stereocenters. The number of ether oxygens (including phenoxy) is 1. The molecule has 3 heteroatoms. The molecule has 0 bridgehead atoms. The van der Waals surface area contributed by atoms with Gasteiger partial charge in [-0.3, -0.25) is 4.90 Å². The minimum absolute atomic E-state index is 0.100. The van der Waals surface area contributed by atoms with Crippen molar-refractivity contribution in [1.29, 1.82) is 0 Å². The van der Waals surface area contributed by atoms with Crippen LogP contribution >= 0.6 is 0 Å². The zero-order valence-corrected chi connectivity index (χ0v) is 6.42. The predicted molar refractivity (Wildman–Crippen MR) is 38.9 cm³/mol. The molecule has 1 N–H and O–H groups in total. The van der Waals surface area contributed by atoms with Gasteiger partial charge in [0.15, 0.2) is 0 Å². The van der Waals surface area contributed by atoms with Crippen LogP contribution in [0.4, 0.5) is 0 Å². The van der Waals surface area contributed by atoms with E-state index >= 15 is 0 Å². The number of nitrogens with zero attached hydrogens (tertiary/aromatic N) is 1. The van der Waals surface area contributed by atoms with Gasteiger partial charge in [0.25, 0.3) is 0 Å². The van der Waals surface area contributed by atoms with Crippen molar-refractivity contribution in [3.8, 4) is 0 Å². The number of rotatable bonds is 3.